The lowest BCUT2D eigenvalue weighted by molar-refractivity contribution is -0.199. The molecule has 1 unspecified atom stereocenters. The summed E-state index contributed by atoms with van der Waals surface area (Å²) in [6.45, 7) is 1.08. The summed E-state index contributed by atoms with van der Waals surface area (Å²) < 4.78 is 112. The molecule has 43 heavy (non-hydrogen) atoms. The maximum absolute atomic E-state index is 13.5. The second-order valence-electron chi connectivity index (χ2n) is 9.67. The van der Waals surface area contributed by atoms with E-state index in [0.717, 1.165) is 24.4 Å². The molecule has 8 nitrogen and oxygen atoms in total. The van der Waals surface area contributed by atoms with Crippen molar-refractivity contribution < 1.29 is 49.1 Å². The molecule has 0 bridgehead atoms. The van der Waals surface area contributed by atoms with Crippen molar-refractivity contribution in [3.05, 3.63) is 76.3 Å². The maximum atomic E-state index is 13.5. The Hall–Kier alpha value is -3.63. The highest BCUT2D eigenvalue weighted by Gasteiger charge is 2.45. The molecule has 0 saturated heterocycles. The molecule has 1 aliphatic carbocycles. The van der Waals surface area contributed by atoms with Gasteiger partial charge in [-0.15, -0.1) is 11.3 Å². The number of ether oxygens (including phenoxy) is 1. The Balaban J connectivity index is 1.47. The van der Waals surface area contributed by atoms with Gasteiger partial charge in [0.2, 0.25) is 5.13 Å². The van der Waals surface area contributed by atoms with Gasteiger partial charge in [-0.2, -0.15) is 34.8 Å². The molecule has 1 aromatic heterocycles. The van der Waals surface area contributed by atoms with E-state index >= 15 is 0 Å². The van der Waals surface area contributed by atoms with Crippen LogP contribution < -0.4 is 14.5 Å². The van der Waals surface area contributed by atoms with Crippen LogP contribution in [-0.2, 0) is 32.3 Å². The molecule has 2 aliphatic rings. The van der Waals surface area contributed by atoms with Gasteiger partial charge in [0.25, 0.3) is 10.0 Å². The molecule has 0 fully saturated rings. The van der Waals surface area contributed by atoms with Crippen LogP contribution in [0.5, 0.6) is 5.75 Å². The number of aromatic nitrogens is 1. The first kappa shape index (κ1) is 30.8. The molecule has 16 heteroatoms. The molecular formula is C27H23F6N3O5S2. The smallest absolute Gasteiger partial charge is 0.485 e. The number of carbonyl (C=O) groups is 1. The van der Waals surface area contributed by atoms with Crippen LogP contribution in [0.1, 0.15) is 47.6 Å². The minimum Gasteiger partial charge on any atom is -0.485 e. The third-order valence-electron chi connectivity index (χ3n) is 6.85. The molecule has 5 rings (SSSR count). The van der Waals surface area contributed by atoms with Crippen LogP contribution in [0.15, 0.2) is 58.9 Å². The lowest BCUT2D eigenvalue weighted by Crippen LogP contribution is -2.38. The van der Waals surface area contributed by atoms with Crippen molar-refractivity contribution in [2.75, 3.05) is 17.6 Å². The van der Waals surface area contributed by atoms with E-state index in [1.165, 1.54) is 23.6 Å². The van der Waals surface area contributed by atoms with Gasteiger partial charge in [-0.05, 0) is 79.3 Å². The van der Waals surface area contributed by atoms with Crippen molar-refractivity contribution in [3.8, 4) is 5.75 Å². The molecule has 230 valence electrons. The summed E-state index contributed by atoms with van der Waals surface area (Å²) in [4.78, 5) is 19.0. The van der Waals surface area contributed by atoms with Gasteiger partial charge >= 0.3 is 18.3 Å². The van der Waals surface area contributed by atoms with Gasteiger partial charge in [-0.3, -0.25) is 0 Å². The zero-order chi connectivity index (χ0) is 31.0. The summed E-state index contributed by atoms with van der Waals surface area (Å²) in [5, 5.41) is 3.90. The number of halogens is 6. The fourth-order valence-corrected chi connectivity index (χ4v) is 6.88. The Bertz CT molecular complexity index is 1640. The molecule has 1 atom stereocenters. The van der Waals surface area contributed by atoms with Crippen molar-refractivity contribution in [2.45, 2.75) is 49.0 Å². The Morgan fingerprint density at radius 1 is 1.07 bits per heavy atom. The zero-order valence-electron chi connectivity index (χ0n) is 22.0. The van der Waals surface area contributed by atoms with E-state index < -0.39 is 50.0 Å². The molecular weight excluding hydrogens is 624 g/mol. The summed E-state index contributed by atoms with van der Waals surface area (Å²) in [5.74, 6) is -2.50. The number of nitrogens with one attached hydrogen (secondary N) is 1. The second-order valence-corrected chi connectivity index (χ2v) is 12.3. The number of alkyl halides is 6. The first-order chi connectivity index (χ1) is 20.2. The van der Waals surface area contributed by atoms with Gasteiger partial charge in [0.05, 0.1) is 10.5 Å². The lowest BCUT2D eigenvalue weighted by Gasteiger charge is -2.29. The number of sulfonamides is 1. The average molecular weight is 648 g/mol. The molecule has 0 spiro atoms. The summed E-state index contributed by atoms with van der Waals surface area (Å²) in [7, 11) is -4.85. The Labute approximate surface area is 245 Å². The van der Waals surface area contributed by atoms with E-state index in [9.17, 15) is 39.6 Å². The number of rotatable bonds is 7. The minimum absolute atomic E-state index is 0.159. The third-order valence-corrected chi connectivity index (χ3v) is 9.24. The summed E-state index contributed by atoms with van der Waals surface area (Å²) in [6, 6.07) is 7.10. The fourth-order valence-electron chi connectivity index (χ4n) is 4.83. The van der Waals surface area contributed by atoms with Gasteiger partial charge < -0.3 is 14.9 Å². The summed E-state index contributed by atoms with van der Waals surface area (Å²) >= 11 is 0.643. The van der Waals surface area contributed by atoms with E-state index in [1.54, 1.807) is 6.08 Å². The highest BCUT2D eigenvalue weighted by atomic mass is 32.2. The Kier molecular flexibility index (Phi) is 8.46. The van der Waals surface area contributed by atoms with Crippen molar-refractivity contribution in [1.29, 1.82) is 0 Å². The molecule has 0 radical (unpaired) electrons. The number of nitrogens with zero attached hydrogens (tertiary/aromatic N) is 2. The summed E-state index contributed by atoms with van der Waals surface area (Å²) in [6.07, 6.45) is -5.82. The number of anilines is 1. The molecule has 0 amide bonds. The van der Waals surface area contributed by atoms with Crippen LogP contribution in [0.25, 0.3) is 5.57 Å². The first-order valence-electron chi connectivity index (χ1n) is 12.9. The molecule has 2 heterocycles. The van der Waals surface area contributed by atoms with Gasteiger partial charge in [0.15, 0.2) is 0 Å². The number of fused-ring (bicyclic) bond motifs is 1. The highest BCUT2D eigenvalue weighted by Crippen LogP contribution is 2.41. The lowest BCUT2D eigenvalue weighted by atomic mass is 9.89. The predicted molar refractivity (Wildman–Crippen MR) is 144 cm³/mol. The van der Waals surface area contributed by atoms with Crippen LogP contribution >= 0.6 is 11.3 Å². The number of hydrogen-bond acceptors (Lipinski definition) is 8. The SMILES string of the molecule is O=C(ON(c1nccs1)S(=O)(=O)c1ccc2c(c1)CCCC2Oc1ccc(C(F)(F)F)cc1C1=CCNCC1)C(F)(F)F. The maximum Gasteiger partial charge on any atom is 0.493 e. The van der Waals surface area contributed by atoms with Crippen molar-refractivity contribution in [3.63, 3.8) is 0 Å². The number of hydrogen-bond donors (Lipinski definition) is 1. The van der Waals surface area contributed by atoms with Crippen molar-refractivity contribution >= 4 is 38.0 Å². The Morgan fingerprint density at radius 3 is 2.51 bits per heavy atom. The normalized spacial score (nSPS) is 17.5. The molecule has 2 aromatic carbocycles. The van der Waals surface area contributed by atoms with E-state index in [1.807, 2.05) is 0 Å². The van der Waals surface area contributed by atoms with Crippen molar-refractivity contribution in [2.24, 2.45) is 0 Å². The van der Waals surface area contributed by atoms with E-state index in [4.69, 9.17) is 4.74 Å². The van der Waals surface area contributed by atoms with Gasteiger partial charge in [-0.1, -0.05) is 16.6 Å². The number of benzene rings is 2. The standard InChI is InChI=1S/C27H23F6N3O5S2/c28-26(29,30)18-4-7-23(21(15-18)16-8-10-34-11-9-16)40-22-3-1-2-17-14-19(5-6-20(17)22)43(38,39)36(25-35-12-13-42-25)41-24(37)27(31,32)33/h4-8,12-15,22,34H,1-3,9-11H2. The fraction of sp³-hybridized carbons (Fsp3) is 0.333. The minimum atomic E-state index is -5.47. The number of aryl methyl sites for hydroxylation is 1. The molecule has 3 aromatic rings. The monoisotopic (exact) mass is 647 g/mol. The van der Waals surface area contributed by atoms with E-state index in [2.05, 4.69) is 15.1 Å². The van der Waals surface area contributed by atoms with Gasteiger partial charge in [0.1, 0.15) is 11.9 Å². The van der Waals surface area contributed by atoms with Crippen LogP contribution in [0.2, 0.25) is 0 Å². The van der Waals surface area contributed by atoms with Gasteiger partial charge in [0, 0.05) is 23.7 Å². The number of carbonyl (C=O) groups excluding carboxylic acids is 1. The third kappa shape index (κ3) is 6.65. The largest absolute Gasteiger partial charge is 0.493 e. The highest BCUT2D eigenvalue weighted by molar-refractivity contribution is 7.92. The van der Waals surface area contributed by atoms with Crippen LogP contribution in [0.3, 0.4) is 0 Å². The Morgan fingerprint density at radius 2 is 1.86 bits per heavy atom. The summed E-state index contributed by atoms with van der Waals surface area (Å²) in [5.41, 5.74) is 1.28. The topological polar surface area (TPSA) is 97.8 Å². The van der Waals surface area contributed by atoms with Crippen LogP contribution in [0.4, 0.5) is 31.5 Å². The zero-order valence-corrected chi connectivity index (χ0v) is 23.7. The van der Waals surface area contributed by atoms with Gasteiger partial charge in [-0.25, -0.2) is 9.78 Å². The quantitative estimate of drug-likeness (QED) is 0.241. The number of thiazole rings is 1. The first-order valence-corrected chi connectivity index (χ1v) is 15.2. The predicted octanol–water partition coefficient (Wildman–Crippen LogP) is 6.21. The van der Waals surface area contributed by atoms with Crippen molar-refractivity contribution in [1.82, 2.24) is 10.3 Å². The van der Waals surface area contributed by atoms with E-state index in [0.29, 0.717) is 72.4 Å². The van der Waals surface area contributed by atoms with Crippen LogP contribution in [-0.4, -0.2) is 38.6 Å². The van der Waals surface area contributed by atoms with E-state index in [-0.39, 0.29) is 10.2 Å². The molecule has 1 aliphatic heterocycles. The average Bonchev–Trinajstić information content (AvgIpc) is 3.49. The molecule has 1 N–H and O–H groups in total. The second kappa shape index (κ2) is 11.8. The van der Waals surface area contributed by atoms with Crippen LogP contribution in [0, 0.1) is 0 Å². The molecule has 0 saturated carbocycles.